The van der Waals surface area contributed by atoms with Crippen molar-refractivity contribution in [3.05, 3.63) is 24.3 Å². The maximum Gasteiger partial charge on any atom is 0.173 e. The van der Waals surface area contributed by atoms with Gasteiger partial charge in [0.05, 0.1) is 31.3 Å². The Kier molecular flexibility index (Phi) is 5.34. The quantitative estimate of drug-likeness (QED) is 0.354. The summed E-state index contributed by atoms with van der Waals surface area (Å²) in [5.74, 6) is 2.60. The summed E-state index contributed by atoms with van der Waals surface area (Å²) in [6, 6.07) is 2.87. The molecule has 1 saturated heterocycles. The third kappa shape index (κ3) is 3.03. The molecule has 0 amide bonds. The Labute approximate surface area is 180 Å². The average molecular weight is 414 g/mol. The number of nitrogens with zero attached hydrogens (tertiary/aromatic N) is 1. The zero-order valence-electron chi connectivity index (χ0n) is 18.3. The molecule has 0 aromatic carbocycles. The summed E-state index contributed by atoms with van der Waals surface area (Å²) in [5, 5.41) is 10.6. The Morgan fingerprint density at radius 1 is 1.20 bits per heavy atom. The van der Waals surface area contributed by atoms with Crippen LogP contribution in [0.25, 0.3) is 0 Å². The van der Waals surface area contributed by atoms with E-state index in [1.54, 1.807) is 7.11 Å². The summed E-state index contributed by atoms with van der Waals surface area (Å²) in [6.07, 6.45) is 9.88. The lowest BCUT2D eigenvalue weighted by Crippen LogP contribution is -2.38. The number of rotatable bonds is 7. The standard InChI is InChI=1S/C25H35NO4/c1-16-4-7-20(17(2)12-28-15-27-3)21(16)11-24(14-26)13-25(29-8-9-30-25)23-19-6-5-18(10-19)22(23)24/h5-6,16,18-23H,2,4,7-13,15H2,1,3H3/t16-,18+,19-,20+,21-,22+,23-,24+/m1/s1. The first-order chi connectivity index (χ1) is 14.5. The summed E-state index contributed by atoms with van der Waals surface area (Å²) in [7, 11) is 1.64. The topological polar surface area (TPSA) is 60.7 Å². The van der Waals surface area contributed by atoms with Crippen LogP contribution in [0, 0.1) is 58.2 Å². The van der Waals surface area contributed by atoms with Crippen molar-refractivity contribution in [3.8, 4) is 6.07 Å². The number of hydrogen-bond acceptors (Lipinski definition) is 5. The molecule has 0 radical (unpaired) electrons. The molecule has 1 aliphatic heterocycles. The first-order valence-electron chi connectivity index (χ1n) is 11.7. The van der Waals surface area contributed by atoms with E-state index >= 15 is 0 Å². The third-order valence-corrected chi connectivity index (χ3v) is 8.96. The minimum absolute atomic E-state index is 0.296. The Balaban J connectivity index is 1.41. The van der Waals surface area contributed by atoms with Crippen molar-refractivity contribution in [1.82, 2.24) is 0 Å². The maximum absolute atomic E-state index is 10.6. The molecule has 0 aromatic heterocycles. The SMILES string of the molecule is C=C(COCOC)[C@@H]1CC[C@@H](C)[C@H]1C[C@@]1(C#N)CC2(OCCO2)[C@H]2[C@@H]1[C@H]1C=C[C@@H]2C1. The first kappa shape index (κ1) is 20.7. The van der Waals surface area contributed by atoms with Crippen LogP contribution in [0.1, 0.15) is 39.0 Å². The summed E-state index contributed by atoms with van der Waals surface area (Å²) in [4.78, 5) is 0. The Hall–Kier alpha value is -1.19. The van der Waals surface area contributed by atoms with Gasteiger partial charge in [0.1, 0.15) is 6.79 Å². The van der Waals surface area contributed by atoms with Gasteiger partial charge >= 0.3 is 0 Å². The minimum atomic E-state index is -0.541. The summed E-state index contributed by atoms with van der Waals surface area (Å²) in [5.41, 5.74) is 0.772. The fourth-order valence-corrected chi connectivity index (χ4v) is 7.88. The zero-order chi connectivity index (χ0) is 20.9. The van der Waals surface area contributed by atoms with E-state index in [1.807, 2.05) is 0 Å². The van der Waals surface area contributed by atoms with E-state index < -0.39 is 5.79 Å². The lowest BCUT2D eigenvalue weighted by atomic mass is 9.64. The highest BCUT2D eigenvalue weighted by atomic mass is 16.7. The molecule has 5 nitrogen and oxygen atoms in total. The molecule has 1 heterocycles. The van der Waals surface area contributed by atoms with Crippen molar-refractivity contribution in [2.45, 2.75) is 44.8 Å². The largest absolute Gasteiger partial charge is 0.359 e. The molecule has 0 N–H and O–H groups in total. The van der Waals surface area contributed by atoms with Gasteiger partial charge in [0.2, 0.25) is 0 Å². The van der Waals surface area contributed by atoms with Crippen LogP contribution in [-0.4, -0.2) is 39.5 Å². The number of nitriles is 1. The van der Waals surface area contributed by atoms with Crippen molar-refractivity contribution in [2.24, 2.45) is 46.8 Å². The third-order valence-electron chi connectivity index (χ3n) is 8.96. The van der Waals surface area contributed by atoms with E-state index in [4.69, 9.17) is 18.9 Å². The summed E-state index contributed by atoms with van der Waals surface area (Å²) in [6.45, 7) is 8.86. The molecule has 164 valence electrons. The van der Waals surface area contributed by atoms with Crippen molar-refractivity contribution in [2.75, 3.05) is 33.7 Å². The smallest absolute Gasteiger partial charge is 0.173 e. The number of hydrogen-bond donors (Lipinski definition) is 0. The van der Waals surface area contributed by atoms with Crippen LogP contribution in [0.5, 0.6) is 0 Å². The highest BCUT2D eigenvalue weighted by molar-refractivity contribution is 5.28. The predicted molar refractivity (Wildman–Crippen MR) is 112 cm³/mol. The first-order valence-corrected chi connectivity index (χ1v) is 11.7. The van der Waals surface area contributed by atoms with Crippen LogP contribution >= 0.6 is 0 Å². The number of fused-ring (bicyclic) bond motifs is 6. The van der Waals surface area contributed by atoms with E-state index in [1.165, 1.54) is 6.42 Å². The van der Waals surface area contributed by atoms with Crippen LogP contribution in [0.15, 0.2) is 24.3 Å². The van der Waals surface area contributed by atoms with Gasteiger partial charge in [0.25, 0.3) is 0 Å². The Morgan fingerprint density at radius 3 is 2.63 bits per heavy atom. The van der Waals surface area contributed by atoms with Crippen molar-refractivity contribution >= 4 is 0 Å². The molecule has 4 aliphatic carbocycles. The molecular formula is C25H35NO4. The fourth-order valence-electron chi connectivity index (χ4n) is 7.88. The lowest BCUT2D eigenvalue weighted by molar-refractivity contribution is -0.191. The fraction of sp³-hybridized carbons (Fsp3) is 0.800. The second-order valence-corrected chi connectivity index (χ2v) is 10.4. The van der Waals surface area contributed by atoms with Crippen LogP contribution in [0.4, 0.5) is 0 Å². The van der Waals surface area contributed by atoms with Crippen LogP contribution in [0.3, 0.4) is 0 Å². The molecule has 5 heteroatoms. The van der Waals surface area contributed by atoms with Gasteiger partial charge in [0.15, 0.2) is 5.79 Å². The van der Waals surface area contributed by atoms with E-state index in [0.29, 0.717) is 68.0 Å². The van der Waals surface area contributed by atoms with Crippen molar-refractivity contribution in [3.63, 3.8) is 0 Å². The van der Waals surface area contributed by atoms with Gasteiger partial charge in [-0.15, -0.1) is 0 Å². The minimum Gasteiger partial charge on any atom is -0.359 e. The average Bonchev–Trinajstić information content (AvgIpc) is 3.55. The van der Waals surface area contributed by atoms with Gasteiger partial charge in [-0.2, -0.15) is 5.26 Å². The predicted octanol–water partition coefficient (Wildman–Crippen LogP) is 4.31. The molecule has 5 rings (SSSR count). The number of methoxy groups -OCH3 is 1. The van der Waals surface area contributed by atoms with Crippen molar-refractivity contribution < 1.29 is 18.9 Å². The Morgan fingerprint density at radius 2 is 1.93 bits per heavy atom. The Bertz CT molecular complexity index is 751. The molecule has 1 spiro atoms. The monoisotopic (exact) mass is 413 g/mol. The second kappa shape index (κ2) is 7.74. The van der Waals surface area contributed by atoms with Gasteiger partial charge in [-0.3, -0.25) is 0 Å². The van der Waals surface area contributed by atoms with Crippen molar-refractivity contribution in [1.29, 1.82) is 5.26 Å². The molecule has 8 atom stereocenters. The summed E-state index contributed by atoms with van der Waals surface area (Å²) < 4.78 is 23.2. The van der Waals surface area contributed by atoms with Gasteiger partial charge in [-0.25, -0.2) is 0 Å². The molecule has 2 bridgehead atoms. The zero-order valence-corrected chi connectivity index (χ0v) is 18.3. The maximum atomic E-state index is 10.6. The van der Waals surface area contributed by atoms with Crippen LogP contribution < -0.4 is 0 Å². The lowest BCUT2D eigenvalue weighted by Gasteiger charge is -2.37. The number of allylic oxidation sites excluding steroid dienone is 2. The molecule has 0 unspecified atom stereocenters. The summed E-state index contributed by atoms with van der Waals surface area (Å²) >= 11 is 0. The van der Waals surface area contributed by atoms with Crippen LogP contribution in [0.2, 0.25) is 0 Å². The molecule has 0 aromatic rings. The van der Waals surface area contributed by atoms with Gasteiger partial charge in [-0.1, -0.05) is 25.7 Å². The van der Waals surface area contributed by atoms with Gasteiger partial charge in [0, 0.05) is 19.4 Å². The van der Waals surface area contributed by atoms with Gasteiger partial charge < -0.3 is 18.9 Å². The second-order valence-electron chi connectivity index (χ2n) is 10.4. The molecule has 4 fully saturated rings. The van der Waals surface area contributed by atoms with Gasteiger partial charge in [-0.05, 0) is 66.8 Å². The normalized spacial score (nSPS) is 45.3. The van der Waals surface area contributed by atoms with E-state index in [9.17, 15) is 5.26 Å². The number of ether oxygens (including phenoxy) is 4. The highest BCUT2D eigenvalue weighted by Crippen LogP contribution is 2.70. The molecular weight excluding hydrogens is 378 g/mol. The molecule has 30 heavy (non-hydrogen) atoms. The van der Waals surface area contributed by atoms with Crippen LogP contribution in [-0.2, 0) is 18.9 Å². The highest BCUT2D eigenvalue weighted by Gasteiger charge is 2.71. The van der Waals surface area contributed by atoms with E-state index in [2.05, 4.69) is 31.7 Å². The molecule has 3 saturated carbocycles. The van der Waals surface area contributed by atoms with E-state index in [-0.39, 0.29) is 5.41 Å². The molecule has 5 aliphatic rings. The van der Waals surface area contributed by atoms with E-state index in [0.717, 1.165) is 31.3 Å².